The number of hydrogen-bond acceptors (Lipinski definition) is 3. The number of hydrogen-bond donors (Lipinski definition) is 1. The molecule has 0 aliphatic carbocycles. The van der Waals surface area contributed by atoms with E-state index in [0.29, 0.717) is 10.2 Å². The monoisotopic (exact) mass is 281 g/mol. The molecule has 1 atom stereocenters. The quantitative estimate of drug-likeness (QED) is 0.674. The summed E-state index contributed by atoms with van der Waals surface area (Å²) in [4.78, 5) is 11.7. The molecule has 0 bridgehead atoms. The fraction of sp³-hybridized carbons (Fsp3) is 0.273. The van der Waals surface area contributed by atoms with Crippen molar-refractivity contribution in [1.82, 2.24) is 9.78 Å². The first kappa shape index (κ1) is 12.5. The molecule has 0 saturated heterocycles. The molecule has 1 N–H and O–H groups in total. The number of aromatic nitrogens is 2. The van der Waals surface area contributed by atoms with Gasteiger partial charge in [0.2, 0.25) is 0 Å². The minimum Gasteiger partial charge on any atom is -0.377 e. The molecule has 0 aliphatic rings. The summed E-state index contributed by atoms with van der Waals surface area (Å²) in [5.41, 5.74) is 0.380. The minimum atomic E-state index is -0.251. The van der Waals surface area contributed by atoms with Gasteiger partial charge < -0.3 is 5.32 Å². The lowest BCUT2D eigenvalue weighted by molar-refractivity contribution is 0.659. The van der Waals surface area contributed by atoms with Crippen molar-refractivity contribution in [2.24, 2.45) is 0 Å². The van der Waals surface area contributed by atoms with Gasteiger partial charge >= 0.3 is 0 Å². The average molecular weight is 282 g/mol. The van der Waals surface area contributed by atoms with Gasteiger partial charge in [0.15, 0.2) is 0 Å². The molecule has 0 saturated carbocycles. The molecule has 4 nitrogen and oxygen atoms in total. The third-order valence-corrected chi connectivity index (χ3v) is 2.73. The van der Waals surface area contributed by atoms with Crippen LogP contribution in [0.15, 0.2) is 28.1 Å². The highest BCUT2D eigenvalue weighted by Gasteiger charge is 2.08. The van der Waals surface area contributed by atoms with Crippen LogP contribution in [0.2, 0.25) is 0 Å². The fourth-order valence-electron chi connectivity index (χ4n) is 1.07. The van der Waals surface area contributed by atoms with Crippen LogP contribution in [0.5, 0.6) is 0 Å². The summed E-state index contributed by atoms with van der Waals surface area (Å²) in [6.07, 6.45) is 8.42. The Kier molecular flexibility index (Phi) is 4.32. The van der Waals surface area contributed by atoms with Crippen molar-refractivity contribution >= 4 is 21.6 Å². The van der Waals surface area contributed by atoms with Gasteiger partial charge in [-0.1, -0.05) is 12.0 Å². The van der Waals surface area contributed by atoms with E-state index >= 15 is 0 Å². The number of rotatable bonds is 4. The first-order valence-corrected chi connectivity index (χ1v) is 5.47. The summed E-state index contributed by atoms with van der Waals surface area (Å²) >= 11 is 3.22. The Hall–Kier alpha value is -1.54. The minimum absolute atomic E-state index is 0.0565. The fourth-order valence-corrected chi connectivity index (χ4v) is 1.49. The Morgan fingerprint density at radius 3 is 3.12 bits per heavy atom. The molecule has 1 aromatic rings. The lowest BCUT2D eigenvalue weighted by Crippen LogP contribution is -2.25. The highest BCUT2D eigenvalue weighted by atomic mass is 79.9. The zero-order valence-electron chi connectivity index (χ0n) is 8.90. The van der Waals surface area contributed by atoms with Crippen molar-refractivity contribution in [3.05, 3.63) is 33.7 Å². The summed E-state index contributed by atoms with van der Waals surface area (Å²) < 4.78 is 1.64. The molecule has 1 aromatic heterocycles. The maximum atomic E-state index is 11.7. The molecule has 0 radical (unpaired) electrons. The highest BCUT2D eigenvalue weighted by Crippen LogP contribution is 2.17. The predicted molar refractivity (Wildman–Crippen MR) is 68.3 cm³/mol. The van der Waals surface area contributed by atoms with Gasteiger partial charge in [0.05, 0.1) is 11.9 Å². The van der Waals surface area contributed by atoms with Crippen LogP contribution in [-0.2, 0) is 6.54 Å². The van der Waals surface area contributed by atoms with Gasteiger partial charge in [0.1, 0.15) is 11.0 Å². The Balaban J connectivity index is 3.08. The van der Waals surface area contributed by atoms with E-state index in [0.717, 1.165) is 0 Å². The van der Waals surface area contributed by atoms with Crippen LogP contribution >= 0.6 is 15.9 Å². The first-order chi connectivity index (χ1) is 7.60. The number of nitrogens with zero attached hydrogens (tertiary/aromatic N) is 2. The third kappa shape index (κ3) is 2.74. The van der Waals surface area contributed by atoms with E-state index in [1.807, 2.05) is 6.92 Å². The molecule has 1 unspecified atom stereocenters. The molecule has 0 spiro atoms. The second-order valence-electron chi connectivity index (χ2n) is 3.21. The molecular weight excluding hydrogens is 270 g/mol. The Labute approximate surface area is 102 Å². The second kappa shape index (κ2) is 5.52. The van der Waals surface area contributed by atoms with E-state index in [1.54, 1.807) is 12.3 Å². The van der Waals surface area contributed by atoms with Gasteiger partial charge in [0, 0.05) is 6.04 Å². The molecular formula is C11H12BrN3O. The van der Waals surface area contributed by atoms with E-state index < -0.39 is 0 Å². The molecule has 0 aliphatic heterocycles. The van der Waals surface area contributed by atoms with Gasteiger partial charge in [-0.3, -0.25) is 4.79 Å². The van der Waals surface area contributed by atoms with Crippen molar-refractivity contribution in [1.29, 1.82) is 0 Å². The van der Waals surface area contributed by atoms with E-state index in [9.17, 15) is 4.79 Å². The van der Waals surface area contributed by atoms with Crippen LogP contribution in [0.25, 0.3) is 0 Å². The maximum absolute atomic E-state index is 11.7. The summed E-state index contributed by atoms with van der Waals surface area (Å²) in [5.74, 6) is 2.37. The van der Waals surface area contributed by atoms with Crippen LogP contribution in [0, 0.1) is 12.3 Å². The lowest BCUT2D eigenvalue weighted by atomic mass is 10.3. The van der Waals surface area contributed by atoms with Crippen molar-refractivity contribution in [2.75, 3.05) is 5.32 Å². The van der Waals surface area contributed by atoms with Crippen LogP contribution in [0.4, 0.5) is 5.69 Å². The number of terminal acetylenes is 1. The zero-order valence-corrected chi connectivity index (χ0v) is 10.5. The van der Waals surface area contributed by atoms with Crippen LogP contribution in [-0.4, -0.2) is 15.8 Å². The summed E-state index contributed by atoms with van der Waals surface area (Å²) in [5, 5.41) is 7.03. The average Bonchev–Trinajstić information content (AvgIpc) is 2.28. The summed E-state index contributed by atoms with van der Waals surface area (Å²) in [6, 6.07) is 0.0565. The first-order valence-electron chi connectivity index (χ1n) is 4.68. The van der Waals surface area contributed by atoms with Crippen LogP contribution < -0.4 is 10.9 Å². The SMILES string of the molecule is C#CCn1ncc(NC(C)C=C)c(Br)c1=O. The Bertz CT molecular complexity index is 487. The zero-order chi connectivity index (χ0) is 12.1. The van der Waals surface area contributed by atoms with E-state index in [1.165, 1.54) is 4.68 Å². The normalized spacial score (nSPS) is 11.6. The van der Waals surface area contributed by atoms with E-state index in [-0.39, 0.29) is 18.1 Å². The van der Waals surface area contributed by atoms with E-state index in [2.05, 4.69) is 38.8 Å². The molecule has 0 fully saturated rings. The van der Waals surface area contributed by atoms with Gasteiger partial charge in [-0.2, -0.15) is 5.10 Å². The lowest BCUT2D eigenvalue weighted by Gasteiger charge is -2.12. The molecule has 1 rings (SSSR count). The Morgan fingerprint density at radius 1 is 1.88 bits per heavy atom. The summed E-state index contributed by atoms with van der Waals surface area (Å²) in [7, 11) is 0. The standard InChI is InChI=1S/C11H12BrN3O/c1-4-6-15-11(16)10(12)9(7-13-15)14-8(3)5-2/h1,5,7-8,14H,2,6H2,3H3. The van der Waals surface area contributed by atoms with Crippen molar-refractivity contribution in [3.63, 3.8) is 0 Å². The largest absolute Gasteiger partial charge is 0.377 e. The highest BCUT2D eigenvalue weighted by molar-refractivity contribution is 9.10. The third-order valence-electron chi connectivity index (χ3n) is 1.96. The van der Waals surface area contributed by atoms with Gasteiger partial charge in [-0.05, 0) is 22.9 Å². The number of nitrogens with one attached hydrogen (secondary N) is 1. The smallest absolute Gasteiger partial charge is 0.284 e. The number of halogens is 1. The predicted octanol–water partition coefficient (Wildman–Crippen LogP) is 1.63. The molecule has 5 heteroatoms. The molecule has 84 valence electrons. The molecule has 0 aromatic carbocycles. The van der Waals surface area contributed by atoms with E-state index in [4.69, 9.17) is 6.42 Å². The maximum Gasteiger partial charge on any atom is 0.284 e. The summed E-state index contributed by atoms with van der Waals surface area (Å²) in [6.45, 7) is 5.73. The van der Waals surface area contributed by atoms with Gasteiger partial charge in [-0.15, -0.1) is 13.0 Å². The van der Waals surface area contributed by atoms with Crippen LogP contribution in [0.3, 0.4) is 0 Å². The molecule has 1 heterocycles. The van der Waals surface area contributed by atoms with Gasteiger partial charge in [0.25, 0.3) is 5.56 Å². The number of anilines is 1. The van der Waals surface area contributed by atoms with Crippen molar-refractivity contribution in [3.8, 4) is 12.3 Å². The molecule has 0 amide bonds. The van der Waals surface area contributed by atoms with Crippen molar-refractivity contribution in [2.45, 2.75) is 19.5 Å². The van der Waals surface area contributed by atoms with Crippen molar-refractivity contribution < 1.29 is 0 Å². The van der Waals surface area contributed by atoms with Crippen LogP contribution in [0.1, 0.15) is 6.92 Å². The topological polar surface area (TPSA) is 46.9 Å². The Morgan fingerprint density at radius 2 is 2.56 bits per heavy atom. The second-order valence-corrected chi connectivity index (χ2v) is 4.00. The molecule has 16 heavy (non-hydrogen) atoms. The van der Waals surface area contributed by atoms with Gasteiger partial charge in [-0.25, -0.2) is 4.68 Å².